The number of nitrogens with zero attached hydrogens (tertiary/aromatic N) is 1. The zero-order valence-corrected chi connectivity index (χ0v) is 11.2. The number of amidine groups is 1. The van der Waals surface area contributed by atoms with E-state index in [1.165, 1.54) is 0 Å². The molecule has 108 valence electrons. The van der Waals surface area contributed by atoms with Crippen LogP contribution in [0.25, 0.3) is 0 Å². The molecule has 0 aromatic heterocycles. The van der Waals surface area contributed by atoms with Crippen molar-refractivity contribution < 1.29 is 9.53 Å². The van der Waals surface area contributed by atoms with Crippen LogP contribution < -0.4 is 16.4 Å². The quantitative estimate of drug-likeness (QED) is 0.407. The Morgan fingerprint density at radius 3 is 2.53 bits per heavy atom. The number of likely N-dealkylation sites (tertiary alicyclic amines) is 1. The van der Waals surface area contributed by atoms with Gasteiger partial charge >= 0.3 is 6.03 Å². The Balaban J connectivity index is 1.64. The van der Waals surface area contributed by atoms with E-state index < -0.39 is 0 Å². The number of carbonyl (C=O) groups is 1. The largest absolute Gasteiger partial charge is 0.387 e. The van der Waals surface area contributed by atoms with E-state index in [2.05, 4.69) is 15.5 Å². The first-order valence-electron chi connectivity index (χ1n) is 6.83. The maximum atomic E-state index is 11.8. The van der Waals surface area contributed by atoms with Crippen LogP contribution in [0.1, 0.15) is 19.3 Å². The minimum Gasteiger partial charge on any atom is -0.387 e. The van der Waals surface area contributed by atoms with Crippen LogP contribution in [0.5, 0.6) is 0 Å². The Morgan fingerprint density at radius 1 is 1.26 bits per heavy atom. The van der Waals surface area contributed by atoms with Gasteiger partial charge in [-0.3, -0.25) is 10.3 Å². The number of urea groups is 1. The number of rotatable bonds is 4. The number of nitrogens with two attached hydrogens (primary N) is 1. The van der Waals surface area contributed by atoms with Crippen molar-refractivity contribution in [2.24, 2.45) is 5.73 Å². The van der Waals surface area contributed by atoms with Crippen molar-refractivity contribution in [3.05, 3.63) is 0 Å². The number of amides is 2. The minimum atomic E-state index is -0.0967. The van der Waals surface area contributed by atoms with Gasteiger partial charge in [0, 0.05) is 25.7 Å². The van der Waals surface area contributed by atoms with Gasteiger partial charge in [0.15, 0.2) is 0 Å². The van der Waals surface area contributed by atoms with Gasteiger partial charge in [0.25, 0.3) is 0 Å². The molecule has 2 heterocycles. The van der Waals surface area contributed by atoms with Gasteiger partial charge in [0.2, 0.25) is 0 Å². The molecule has 0 bridgehead atoms. The zero-order chi connectivity index (χ0) is 13.7. The molecule has 2 amide bonds. The lowest BCUT2D eigenvalue weighted by Crippen LogP contribution is -2.51. The molecule has 1 atom stereocenters. The number of carbonyl (C=O) groups excluding carboxylic acids is 1. The molecule has 0 aromatic rings. The Hall–Kier alpha value is -1.34. The molecule has 0 aliphatic carbocycles. The highest BCUT2D eigenvalue weighted by Gasteiger charge is 2.23. The summed E-state index contributed by atoms with van der Waals surface area (Å²) < 4.78 is 5.22. The monoisotopic (exact) mass is 269 g/mol. The standard InChI is InChI=1S/C12H23N5O2/c13-11(14)7-17-4-1-9(2-5-17)15-12(18)16-10-3-6-19-8-10/h9-10H,1-8H2,(H3,13,14)(H2,15,16,18). The summed E-state index contributed by atoms with van der Waals surface area (Å²) in [4.78, 5) is 13.9. The molecule has 7 nitrogen and oxygen atoms in total. The second-order valence-corrected chi connectivity index (χ2v) is 5.25. The molecule has 2 rings (SSSR count). The maximum absolute atomic E-state index is 11.8. The van der Waals surface area contributed by atoms with Crippen LogP contribution in [0.4, 0.5) is 4.79 Å². The number of piperidine rings is 1. The minimum absolute atomic E-state index is 0.0967. The third-order valence-electron chi connectivity index (χ3n) is 3.58. The van der Waals surface area contributed by atoms with E-state index in [4.69, 9.17) is 15.9 Å². The van der Waals surface area contributed by atoms with Crippen LogP contribution in [0.3, 0.4) is 0 Å². The molecule has 19 heavy (non-hydrogen) atoms. The molecular weight excluding hydrogens is 246 g/mol. The first kappa shape index (κ1) is 14.1. The predicted octanol–water partition coefficient (Wildman–Crippen LogP) is -0.525. The average Bonchev–Trinajstić information content (AvgIpc) is 2.83. The zero-order valence-electron chi connectivity index (χ0n) is 11.2. The molecule has 2 aliphatic rings. The maximum Gasteiger partial charge on any atom is 0.315 e. The SMILES string of the molecule is N=C(N)CN1CCC(NC(=O)NC2CCOC2)CC1. The Kier molecular flexibility index (Phi) is 4.98. The summed E-state index contributed by atoms with van der Waals surface area (Å²) >= 11 is 0. The smallest absolute Gasteiger partial charge is 0.315 e. The third kappa shape index (κ3) is 4.68. The molecule has 5 N–H and O–H groups in total. The van der Waals surface area contributed by atoms with Crippen LogP contribution in [-0.4, -0.2) is 61.7 Å². The van der Waals surface area contributed by atoms with Crippen molar-refractivity contribution in [3.63, 3.8) is 0 Å². The summed E-state index contributed by atoms with van der Waals surface area (Å²) in [7, 11) is 0. The summed E-state index contributed by atoms with van der Waals surface area (Å²) in [5.74, 6) is 0.199. The van der Waals surface area contributed by atoms with E-state index >= 15 is 0 Å². The molecule has 2 saturated heterocycles. The summed E-state index contributed by atoms with van der Waals surface area (Å²) in [6, 6.07) is 0.267. The van der Waals surface area contributed by atoms with Crippen molar-refractivity contribution in [1.82, 2.24) is 15.5 Å². The van der Waals surface area contributed by atoms with E-state index in [1.807, 2.05) is 0 Å². The fourth-order valence-corrected chi connectivity index (χ4v) is 2.54. The Bertz CT molecular complexity index is 322. The van der Waals surface area contributed by atoms with Gasteiger partial charge in [0.05, 0.1) is 19.2 Å². The molecule has 1 unspecified atom stereocenters. The number of ether oxygens (including phenoxy) is 1. The van der Waals surface area contributed by atoms with Crippen LogP contribution in [0.15, 0.2) is 0 Å². The van der Waals surface area contributed by atoms with E-state index in [-0.39, 0.29) is 24.0 Å². The van der Waals surface area contributed by atoms with Crippen molar-refractivity contribution in [2.75, 3.05) is 32.8 Å². The van der Waals surface area contributed by atoms with Gasteiger partial charge in [-0.1, -0.05) is 0 Å². The topological polar surface area (TPSA) is 103 Å². The molecule has 7 heteroatoms. The molecule has 0 aromatic carbocycles. The fourth-order valence-electron chi connectivity index (χ4n) is 2.54. The number of nitrogens with one attached hydrogen (secondary N) is 3. The highest BCUT2D eigenvalue weighted by Crippen LogP contribution is 2.10. The number of hydrogen-bond donors (Lipinski definition) is 4. The normalized spacial score (nSPS) is 25.2. The molecular formula is C12H23N5O2. The van der Waals surface area contributed by atoms with E-state index in [1.54, 1.807) is 0 Å². The van der Waals surface area contributed by atoms with Gasteiger partial charge in [-0.05, 0) is 19.3 Å². The molecule has 0 spiro atoms. The van der Waals surface area contributed by atoms with Crippen molar-refractivity contribution in [1.29, 1.82) is 5.41 Å². The highest BCUT2D eigenvalue weighted by molar-refractivity contribution is 5.79. The molecule has 2 aliphatic heterocycles. The van der Waals surface area contributed by atoms with Gasteiger partial charge in [-0.2, -0.15) is 0 Å². The van der Waals surface area contributed by atoms with E-state index in [9.17, 15) is 4.79 Å². The van der Waals surface area contributed by atoms with Crippen molar-refractivity contribution >= 4 is 11.9 Å². The lowest BCUT2D eigenvalue weighted by atomic mass is 10.1. The van der Waals surface area contributed by atoms with Gasteiger partial charge in [0.1, 0.15) is 5.84 Å². The van der Waals surface area contributed by atoms with Crippen LogP contribution >= 0.6 is 0 Å². The highest BCUT2D eigenvalue weighted by atomic mass is 16.5. The molecule has 0 saturated carbocycles. The second kappa shape index (κ2) is 6.72. The summed E-state index contributed by atoms with van der Waals surface area (Å²) in [6.07, 6.45) is 2.70. The van der Waals surface area contributed by atoms with Crippen molar-refractivity contribution in [3.8, 4) is 0 Å². The van der Waals surface area contributed by atoms with Gasteiger partial charge < -0.3 is 21.1 Å². The molecule has 2 fully saturated rings. The van der Waals surface area contributed by atoms with E-state index in [0.29, 0.717) is 13.2 Å². The predicted molar refractivity (Wildman–Crippen MR) is 72.3 cm³/mol. The second-order valence-electron chi connectivity index (χ2n) is 5.25. The first-order valence-corrected chi connectivity index (χ1v) is 6.83. The lowest BCUT2D eigenvalue weighted by molar-refractivity contribution is 0.185. The van der Waals surface area contributed by atoms with Crippen LogP contribution in [0, 0.1) is 5.41 Å². The average molecular weight is 269 g/mol. The van der Waals surface area contributed by atoms with Crippen molar-refractivity contribution in [2.45, 2.75) is 31.3 Å². The summed E-state index contributed by atoms with van der Waals surface area (Å²) in [5.41, 5.74) is 5.38. The first-order chi connectivity index (χ1) is 9.13. The summed E-state index contributed by atoms with van der Waals surface area (Å²) in [5, 5.41) is 13.2. The lowest BCUT2D eigenvalue weighted by Gasteiger charge is -2.32. The fraction of sp³-hybridized carbons (Fsp3) is 0.833. The van der Waals surface area contributed by atoms with Gasteiger partial charge in [-0.25, -0.2) is 4.79 Å². The summed E-state index contributed by atoms with van der Waals surface area (Å²) in [6.45, 7) is 3.62. The van der Waals surface area contributed by atoms with Crippen LogP contribution in [-0.2, 0) is 4.74 Å². The third-order valence-corrected chi connectivity index (χ3v) is 3.58. The Labute approximate surface area is 113 Å². The Morgan fingerprint density at radius 2 is 1.95 bits per heavy atom. The van der Waals surface area contributed by atoms with Crippen LogP contribution in [0.2, 0.25) is 0 Å². The number of hydrogen-bond acceptors (Lipinski definition) is 4. The molecule has 0 radical (unpaired) electrons. The van der Waals surface area contributed by atoms with E-state index in [0.717, 1.165) is 39.0 Å². The van der Waals surface area contributed by atoms with Gasteiger partial charge in [-0.15, -0.1) is 0 Å².